The summed E-state index contributed by atoms with van der Waals surface area (Å²) in [5.74, 6) is 1.59. The van der Waals surface area contributed by atoms with Crippen LogP contribution in [0.2, 0.25) is 0 Å². The monoisotopic (exact) mass is 518 g/mol. The Balaban J connectivity index is 1.54. The molecule has 1 aromatic heterocycles. The van der Waals surface area contributed by atoms with Crippen LogP contribution in [0.1, 0.15) is 58.0 Å². The summed E-state index contributed by atoms with van der Waals surface area (Å²) in [6.07, 6.45) is 7.25. The van der Waals surface area contributed by atoms with Crippen molar-refractivity contribution in [2.45, 2.75) is 65.8 Å². The van der Waals surface area contributed by atoms with Gasteiger partial charge in [0.1, 0.15) is 17.0 Å². The molecule has 0 amide bonds. The fourth-order valence-electron chi connectivity index (χ4n) is 5.51. The SMILES string of the molecule is CCOc1ccc2sc(C=C3CC(C)CC(C=C4Sc5ccc(C)cc5[NH+]4CC)=C3C)[n+](CC)c2c1. The number of thioether (sulfide) groups is 1. The molecule has 2 aromatic carbocycles. The first kappa shape index (κ1) is 25.3. The van der Waals surface area contributed by atoms with E-state index in [0.717, 1.165) is 31.7 Å². The molecule has 2 atom stereocenters. The predicted octanol–water partition coefficient (Wildman–Crippen LogP) is 7.23. The van der Waals surface area contributed by atoms with Crippen molar-refractivity contribution in [3.63, 3.8) is 0 Å². The first-order chi connectivity index (χ1) is 17.4. The highest BCUT2D eigenvalue weighted by molar-refractivity contribution is 8.03. The molecule has 0 saturated heterocycles. The summed E-state index contributed by atoms with van der Waals surface area (Å²) in [6.45, 7) is 16.2. The minimum Gasteiger partial charge on any atom is -0.494 e. The van der Waals surface area contributed by atoms with Crippen molar-refractivity contribution in [1.29, 1.82) is 0 Å². The molecule has 0 saturated carbocycles. The molecule has 5 rings (SSSR count). The van der Waals surface area contributed by atoms with Gasteiger partial charge < -0.3 is 4.74 Å². The van der Waals surface area contributed by atoms with Crippen LogP contribution in [0.4, 0.5) is 5.69 Å². The fraction of sp³-hybridized carbons (Fsp3) is 0.387. The Morgan fingerprint density at radius 2 is 1.89 bits per heavy atom. The van der Waals surface area contributed by atoms with Gasteiger partial charge in [-0.15, -0.1) is 0 Å². The summed E-state index contributed by atoms with van der Waals surface area (Å²) in [6, 6.07) is 13.4. The summed E-state index contributed by atoms with van der Waals surface area (Å²) in [5.41, 5.74) is 8.49. The van der Waals surface area contributed by atoms with Gasteiger partial charge in [-0.1, -0.05) is 24.3 Å². The Hall–Kier alpha value is -2.34. The number of hydrogen-bond donors (Lipinski definition) is 1. The number of nitrogens with zero attached hydrogens (tertiary/aromatic N) is 1. The molecule has 1 aliphatic heterocycles. The van der Waals surface area contributed by atoms with Crippen molar-refractivity contribution >= 4 is 45.1 Å². The summed E-state index contributed by atoms with van der Waals surface area (Å²) >= 11 is 3.84. The topological polar surface area (TPSA) is 17.6 Å². The minimum atomic E-state index is 0.641. The molecule has 3 nitrogen and oxygen atoms in total. The number of rotatable bonds is 6. The number of quaternary nitrogens is 1. The number of aromatic nitrogens is 1. The van der Waals surface area contributed by atoms with E-state index in [1.54, 1.807) is 0 Å². The molecule has 2 unspecified atom stereocenters. The average Bonchev–Trinajstić information content (AvgIpc) is 3.38. The molecule has 5 heteroatoms. The van der Waals surface area contributed by atoms with Gasteiger partial charge in [0.25, 0.3) is 5.01 Å². The Kier molecular flexibility index (Phi) is 7.43. The van der Waals surface area contributed by atoms with E-state index in [0.29, 0.717) is 12.5 Å². The maximum absolute atomic E-state index is 5.79. The Bertz CT molecular complexity index is 1400. The van der Waals surface area contributed by atoms with Crippen molar-refractivity contribution in [2.75, 3.05) is 13.2 Å². The number of ether oxygens (including phenoxy) is 1. The highest BCUT2D eigenvalue weighted by Gasteiger charge is 2.31. The molecular weight excluding hydrogens is 480 g/mol. The highest BCUT2D eigenvalue weighted by atomic mass is 32.2. The van der Waals surface area contributed by atoms with Gasteiger partial charge in [0.15, 0.2) is 10.7 Å². The zero-order chi connectivity index (χ0) is 25.4. The van der Waals surface area contributed by atoms with Crippen LogP contribution in [0.15, 0.2) is 69.1 Å². The van der Waals surface area contributed by atoms with Gasteiger partial charge in [0.2, 0.25) is 5.52 Å². The molecule has 2 heterocycles. The average molecular weight is 519 g/mol. The number of thiazole rings is 1. The fourth-order valence-corrected chi connectivity index (χ4v) is 7.93. The number of allylic oxidation sites excluding steroid dienone is 4. The van der Waals surface area contributed by atoms with E-state index in [1.807, 2.05) is 30.0 Å². The van der Waals surface area contributed by atoms with E-state index in [-0.39, 0.29) is 0 Å². The maximum Gasteiger partial charge on any atom is 0.263 e. The third-order valence-corrected chi connectivity index (χ3v) is 9.64. The molecule has 3 aromatic rings. The standard InChI is InChI=1S/C31H37N2OS2/c1-7-32-26-16-20(4)10-12-28(26)35-30(32)17-23-14-21(5)15-24(22(23)6)18-31-33(8-2)27-19-25(34-9-3)11-13-29(27)36-31/h10-13,16-19,21H,7-9,14-15H2,1-6H3/q+1/p+1. The molecule has 0 spiro atoms. The van der Waals surface area contributed by atoms with Crippen molar-refractivity contribution in [3.8, 4) is 5.75 Å². The van der Waals surface area contributed by atoms with Gasteiger partial charge in [-0.05, 0) is 106 Å². The second-order valence-electron chi connectivity index (χ2n) is 10.0. The third kappa shape index (κ3) is 4.81. The zero-order valence-electron chi connectivity index (χ0n) is 22.4. The number of aryl methyl sites for hydroxylation is 2. The lowest BCUT2D eigenvalue weighted by molar-refractivity contribution is -0.777. The summed E-state index contributed by atoms with van der Waals surface area (Å²) in [4.78, 5) is 2.91. The predicted molar refractivity (Wildman–Crippen MR) is 154 cm³/mol. The van der Waals surface area contributed by atoms with Crippen LogP contribution in [0.3, 0.4) is 0 Å². The van der Waals surface area contributed by atoms with Crippen molar-refractivity contribution in [1.82, 2.24) is 0 Å². The van der Waals surface area contributed by atoms with Crippen LogP contribution in [-0.4, -0.2) is 13.2 Å². The maximum atomic E-state index is 5.79. The van der Waals surface area contributed by atoms with Gasteiger partial charge in [0, 0.05) is 18.2 Å². The van der Waals surface area contributed by atoms with Gasteiger partial charge in [-0.2, -0.15) is 4.57 Å². The molecule has 0 radical (unpaired) electrons. The smallest absolute Gasteiger partial charge is 0.263 e. The van der Waals surface area contributed by atoms with E-state index in [2.05, 4.69) is 87.7 Å². The summed E-state index contributed by atoms with van der Waals surface area (Å²) in [5, 5.41) is 2.77. The van der Waals surface area contributed by atoms with Crippen LogP contribution in [0.25, 0.3) is 16.3 Å². The van der Waals surface area contributed by atoms with E-state index in [1.165, 1.54) is 58.0 Å². The van der Waals surface area contributed by atoms with Crippen LogP contribution < -0.4 is 14.2 Å². The molecule has 1 aliphatic carbocycles. The molecule has 188 valence electrons. The van der Waals surface area contributed by atoms with E-state index >= 15 is 0 Å². The molecule has 2 aliphatic rings. The van der Waals surface area contributed by atoms with Crippen LogP contribution in [-0.2, 0) is 6.54 Å². The number of fused-ring (bicyclic) bond motifs is 2. The first-order valence-electron chi connectivity index (χ1n) is 13.3. The first-order valence-corrected chi connectivity index (χ1v) is 14.9. The van der Waals surface area contributed by atoms with Crippen LogP contribution in [0.5, 0.6) is 5.75 Å². The Morgan fingerprint density at radius 1 is 1.06 bits per heavy atom. The molecule has 0 fully saturated rings. The number of nitrogens with one attached hydrogen (secondary N) is 1. The third-order valence-electron chi connectivity index (χ3n) is 7.36. The zero-order valence-corrected chi connectivity index (χ0v) is 24.0. The molecule has 1 N–H and O–H groups in total. The van der Waals surface area contributed by atoms with Gasteiger partial charge in [0.05, 0.1) is 24.1 Å². The summed E-state index contributed by atoms with van der Waals surface area (Å²) < 4.78 is 9.54. The second-order valence-corrected chi connectivity index (χ2v) is 12.2. The van der Waals surface area contributed by atoms with Crippen molar-refractivity contribution in [2.24, 2.45) is 5.92 Å². The largest absolute Gasteiger partial charge is 0.494 e. The minimum absolute atomic E-state index is 0.641. The lowest BCUT2D eigenvalue weighted by atomic mass is 9.81. The summed E-state index contributed by atoms with van der Waals surface area (Å²) in [7, 11) is 0. The molecular formula is C31H38N2OS2+2. The van der Waals surface area contributed by atoms with Gasteiger partial charge in [-0.25, -0.2) is 0 Å². The van der Waals surface area contributed by atoms with Crippen molar-refractivity contribution < 1.29 is 14.2 Å². The number of hydrogen-bond acceptors (Lipinski definition) is 3. The van der Waals surface area contributed by atoms with Crippen molar-refractivity contribution in [3.05, 3.63) is 74.8 Å². The number of benzene rings is 2. The molecule has 36 heavy (non-hydrogen) atoms. The lowest BCUT2D eigenvalue weighted by Gasteiger charge is -2.24. The second kappa shape index (κ2) is 10.6. The lowest BCUT2D eigenvalue weighted by Crippen LogP contribution is -3.03. The Morgan fingerprint density at radius 3 is 2.64 bits per heavy atom. The Labute approximate surface area is 224 Å². The van der Waals surface area contributed by atoms with E-state index in [4.69, 9.17) is 4.74 Å². The van der Waals surface area contributed by atoms with Crippen LogP contribution >= 0.6 is 23.1 Å². The highest BCUT2D eigenvalue weighted by Crippen LogP contribution is 2.40. The molecule has 0 bridgehead atoms. The van der Waals surface area contributed by atoms with E-state index < -0.39 is 0 Å². The van der Waals surface area contributed by atoms with Gasteiger partial charge in [-0.3, -0.25) is 4.90 Å². The normalized spacial score (nSPS) is 22.2. The quantitative estimate of drug-likeness (QED) is 0.347. The van der Waals surface area contributed by atoms with Gasteiger partial charge >= 0.3 is 0 Å². The van der Waals surface area contributed by atoms with Crippen LogP contribution in [0, 0.1) is 12.8 Å². The van der Waals surface area contributed by atoms with E-state index in [9.17, 15) is 0 Å².